The quantitative estimate of drug-likeness (QED) is 0.842. The lowest BCUT2D eigenvalue weighted by molar-refractivity contribution is -0.199. The molecule has 1 fully saturated rings. The van der Waals surface area contributed by atoms with Crippen molar-refractivity contribution >= 4 is 11.9 Å². The Bertz CT molecular complexity index is 738. The molecule has 1 aliphatic carbocycles. The summed E-state index contributed by atoms with van der Waals surface area (Å²) in [5.74, 6) is -2.19. The fourth-order valence-corrected chi connectivity index (χ4v) is 3.36. The van der Waals surface area contributed by atoms with Crippen molar-refractivity contribution in [2.24, 2.45) is 5.41 Å². The lowest BCUT2D eigenvalue weighted by atomic mass is 10.00. The molecule has 1 aromatic heterocycles. The van der Waals surface area contributed by atoms with E-state index in [0.29, 0.717) is 30.8 Å². The van der Waals surface area contributed by atoms with Gasteiger partial charge in [0.2, 0.25) is 5.91 Å². The molecule has 26 heavy (non-hydrogen) atoms. The highest BCUT2D eigenvalue weighted by Crippen LogP contribution is 2.58. The van der Waals surface area contributed by atoms with Crippen LogP contribution in [0.4, 0.5) is 13.2 Å². The third kappa shape index (κ3) is 3.06. The van der Waals surface area contributed by atoms with E-state index >= 15 is 0 Å². The number of aromatic carboxylic acids is 1. The number of carboxylic acid groups (broad SMARTS) is 1. The van der Waals surface area contributed by atoms with Gasteiger partial charge in [-0.3, -0.25) is 9.48 Å². The van der Waals surface area contributed by atoms with E-state index in [9.17, 15) is 27.9 Å². The van der Waals surface area contributed by atoms with Crippen molar-refractivity contribution < 1.29 is 27.9 Å². The van der Waals surface area contributed by atoms with Gasteiger partial charge in [-0.2, -0.15) is 18.3 Å². The van der Waals surface area contributed by atoms with Crippen LogP contribution in [0.5, 0.6) is 0 Å². The Morgan fingerprint density at radius 2 is 1.96 bits per heavy atom. The Morgan fingerprint density at radius 3 is 2.46 bits per heavy atom. The molecule has 0 saturated heterocycles. The largest absolute Gasteiger partial charge is 0.476 e. The van der Waals surface area contributed by atoms with Crippen LogP contribution < -0.4 is 0 Å². The second-order valence-corrected chi connectivity index (χ2v) is 7.16. The number of carbonyl (C=O) groups is 2. The van der Waals surface area contributed by atoms with Gasteiger partial charge in [-0.1, -0.05) is 0 Å². The number of likely N-dealkylation sites (N-methyl/N-ethyl adjacent to an activating group) is 1. The number of halogens is 3. The molecular formula is C16H21F3N4O3. The van der Waals surface area contributed by atoms with Crippen molar-refractivity contribution in [3.05, 3.63) is 17.0 Å². The number of hydrogen-bond acceptors (Lipinski definition) is 4. The zero-order chi connectivity index (χ0) is 19.3. The summed E-state index contributed by atoms with van der Waals surface area (Å²) in [6.45, 7) is 1.11. The molecule has 2 aliphatic rings. The molecule has 1 aromatic rings. The van der Waals surface area contributed by atoms with Crippen LogP contribution in [0.25, 0.3) is 0 Å². The maximum absolute atomic E-state index is 13.2. The van der Waals surface area contributed by atoms with Gasteiger partial charge in [-0.25, -0.2) is 4.79 Å². The van der Waals surface area contributed by atoms with Crippen molar-refractivity contribution in [1.29, 1.82) is 0 Å². The molecule has 1 N–H and O–H groups in total. The summed E-state index contributed by atoms with van der Waals surface area (Å²) in [7, 11) is 3.75. The van der Waals surface area contributed by atoms with Crippen LogP contribution in [-0.4, -0.2) is 69.9 Å². The predicted octanol–water partition coefficient (Wildman–Crippen LogP) is 1.37. The number of rotatable bonds is 5. The van der Waals surface area contributed by atoms with E-state index in [1.165, 1.54) is 0 Å². The Morgan fingerprint density at radius 1 is 1.31 bits per heavy atom. The van der Waals surface area contributed by atoms with E-state index in [4.69, 9.17) is 0 Å². The number of carbonyl (C=O) groups excluding carboxylic acids is 1. The van der Waals surface area contributed by atoms with E-state index in [-0.39, 0.29) is 31.6 Å². The maximum Gasteiger partial charge on any atom is 0.403 e. The number of carboxylic acids is 1. The number of aromatic nitrogens is 2. The fourth-order valence-electron chi connectivity index (χ4n) is 3.36. The van der Waals surface area contributed by atoms with Gasteiger partial charge in [0, 0.05) is 37.3 Å². The monoisotopic (exact) mass is 374 g/mol. The summed E-state index contributed by atoms with van der Waals surface area (Å²) in [5.41, 5.74) is -1.44. The Hall–Kier alpha value is -2.10. The van der Waals surface area contributed by atoms with Crippen molar-refractivity contribution in [3.63, 3.8) is 0 Å². The second-order valence-electron chi connectivity index (χ2n) is 7.16. The van der Waals surface area contributed by atoms with E-state index in [1.54, 1.807) is 4.68 Å². The van der Waals surface area contributed by atoms with Crippen LogP contribution in [0.3, 0.4) is 0 Å². The molecular weight excluding hydrogens is 353 g/mol. The van der Waals surface area contributed by atoms with Crippen LogP contribution in [0, 0.1) is 5.41 Å². The number of hydrogen-bond donors (Lipinski definition) is 1. The molecule has 3 rings (SSSR count). The summed E-state index contributed by atoms with van der Waals surface area (Å²) in [4.78, 5) is 27.0. The van der Waals surface area contributed by atoms with Crippen molar-refractivity contribution in [3.8, 4) is 0 Å². The number of alkyl halides is 3. The van der Waals surface area contributed by atoms with Gasteiger partial charge in [-0.15, -0.1) is 0 Å². The minimum Gasteiger partial charge on any atom is -0.476 e. The molecule has 0 aromatic carbocycles. The van der Waals surface area contributed by atoms with Crippen LogP contribution in [0.1, 0.15) is 34.6 Å². The first kappa shape index (κ1) is 18.7. The average molecular weight is 374 g/mol. The normalized spacial score (nSPS) is 18.8. The van der Waals surface area contributed by atoms with Crippen molar-refractivity contribution in [2.45, 2.75) is 38.5 Å². The van der Waals surface area contributed by atoms with Crippen molar-refractivity contribution in [1.82, 2.24) is 19.6 Å². The molecule has 1 amide bonds. The number of amides is 1. The summed E-state index contributed by atoms with van der Waals surface area (Å²) >= 11 is 0. The van der Waals surface area contributed by atoms with Gasteiger partial charge >= 0.3 is 12.1 Å². The van der Waals surface area contributed by atoms with E-state index in [2.05, 4.69) is 5.10 Å². The van der Waals surface area contributed by atoms with Crippen LogP contribution in [-0.2, 0) is 24.3 Å². The lowest BCUT2D eigenvalue weighted by Crippen LogP contribution is -2.46. The average Bonchev–Trinajstić information content (AvgIpc) is 3.28. The number of nitrogens with zero attached hydrogens (tertiary/aromatic N) is 4. The van der Waals surface area contributed by atoms with E-state index in [0.717, 1.165) is 4.90 Å². The van der Waals surface area contributed by atoms with E-state index in [1.807, 2.05) is 19.0 Å². The minimum atomic E-state index is -4.57. The first-order valence-electron chi connectivity index (χ1n) is 8.39. The lowest BCUT2D eigenvalue weighted by Gasteiger charge is -2.32. The molecule has 7 nitrogen and oxygen atoms in total. The first-order valence-corrected chi connectivity index (χ1v) is 8.39. The molecule has 0 spiro atoms. The third-order valence-corrected chi connectivity index (χ3v) is 5.08. The molecule has 0 radical (unpaired) electrons. The maximum atomic E-state index is 13.2. The van der Waals surface area contributed by atoms with E-state index < -0.39 is 23.5 Å². The zero-order valence-electron chi connectivity index (χ0n) is 14.6. The standard InChI is InChI=1S/C16H21F3N4O3/c1-21(2)7-8-23-11-3-6-22(9-10(11)12(20-23)13(24)25)14(26)15(4-5-15)16(17,18)19/h3-9H2,1-2H3,(H,24,25). The Kier molecular flexibility index (Phi) is 4.50. The van der Waals surface area contributed by atoms with Gasteiger partial charge in [0.05, 0.1) is 6.54 Å². The highest BCUT2D eigenvalue weighted by Gasteiger charge is 2.69. The van der Waals surface area contributed by atoms with Gasteiger partial charge in [0.15, 0.2) is 5.69 Å². The van der Waals surface area contributed by atoms with Crippen molar-refractivity contribution in [2.75, 3.05) is 27.2 Å². The smallest absolute Gasteiger partial charge is 0.403 e. The Balaban J connectivity index is 1.86. The third-order valence-electron chi connectivity index (χ3n) is 5.08. The molecule has 2 heterocycles. The first-order chi connectivity index (χ1) is 12.1. The topological polar surface area (TPSA) is 78.7 Å². The van der Waals surface area contributed by atoms with Crippen LogP contribution >= 0.6 is 0 Å². The highest BCUT2D eigenvalue weighted by molar-refractivity contribution is 5.89. The fraction of sp³-hybridized carbons (Fsp3) is 0.688. The summed E-state index contributed by atoms with van der Waals surface area (Å²) < 4.78 is 41.3. The molecule has 1 aliphatic heterocycles. The molecule has 0 bridgehead atoms. The van der Waals surface area contributed by atoms with Gasteiger partial charge in [-0.05, 0) is 26.9 Å². The van der Waals surface area contributed by atoms with Crippen LogP contribution in [0.15, 0.2) is 0 Å². The van der Waals surface area contributed by atoms with Crippen LogP contribution in [0.2, 0.25) is 0 Å². The molecule has 10 heteroatoms. The highest BCUT2D eigenvalue weighted by atomic mass is 19.4. The molecule has 0 unspecified atom stereocenters. The summed E-state index contributed by atoms with van der Waals surface area (Å²) in [6.07, 6.45) is -4.68. The molecule has 144 valence electrons. The Labute approximate surface area is 148 Å². The zero-order valence-corrected chi connectivity index (χ0v) is 14.6. The van der Waals surface area contributed by atoms with Gasteiger partial charge in [0.25, 0.3) is 0 Å². The molecule has 0 atom stereocenters. The summed E-state index contributed by atoms with van der Waals surface area (Å²) in [5, 5.41) is 13.5. The number of fused-ring (bicyclic) bond motifs is 1. The predicted molar refractivity (Wildman–Crippen MR) is 84.6 cm³/mol. The second kappa shape index (κ2) is 6.26. The van der Waals surface area contributed by atoms with Gasteiger partial charge in [0.1, 0.15) is 5.41 Å². The SMILES string of the molecule is CN(C)CCn1nc(C(=O)O)c2c1CCN(C(=O)C1(C(F)(F)F)CC1)C2. The summed E-state index contributed by atoms with van der Waals surface area (Å²) in [6, 6.07) is 0. The van der Waals surface area contributed by atoms with Gasteiger partial charge < -0.3 is 14.9 Å². The molecule has 1 saturated carbocycles. The minimum absolute atomic E-state index is 0.135.